The van der Waals surface area contributed by atoms with Gasteiger partial charge in [0.25, 0.3) is 5.91 Å². The van der Waals surface area contributed by atoms with E-state index in [9.17, 15) is 17.6 Å². The van der Waals surface area contributed by atoms with Crippen molar-refractivity contribution in [1.29, 1.82) is 0 Å². The molecule has 1 aromatic carbocycles. The van der Waals surface area contributed by atoms with Gasteiger partial charge in [-0.1, -0.05) is 31.4 Å². The maximum atomic E-state index is 13.5. The van der Waals surface area contributed by atoms with Crippen molar-refractivity contribution in [1.82, 2.24) is 5.32 Å². The van der Waals surface area contributed by atoms with Crippen LogP contribution in [0.15, 0.2) is 17.0 Å². The summed E-state index contributed by atoms with van der Waals surface area (Å²) < 4.78 is 35.9. The first kappa shape index (κ1) is 16.9. The molecule has 1 amide bonds. The van der Waals surface area contributed by atoms with E-state index in [2.05, 4.69) is 5.32 Å². The lowest BCUT2D eigenvalue weighted by atomic mass is 10.2. The van der Waals surface area contributed by atoms with Crippen LogP contribution < -0.4 is 10.5 Å². The van der Waals surface area contributed by atoms with Gasteiger partial charge in [-0.25, -0.2) is 17.9 Å². The van der Waals surface area contributed by atoms with Crippen LogP contribution in [0.1, 0.15) is 36.5 Å². The molecular formula is C12H16ClFN2O3S. The first-order chi connectivity index (χ1) is 9.27. The summed E-state index contributed by atoms with van der Waals surface area (Å²) in [5.74, 6) is -1.64. The van der Waals surface area contributed by atoms with Crippen molar-refractivity contribution in [2.24, 2.45) is 5.14 Å². The molecule has 112 valence electrons. The number of benzene rings is 1. The van der Waals surface area contributed by atoms with Gasteiger partial charge in [-0.15, -0.1) is 0 Å². The Morgan fingerprint density at radius 1 is 1.40 bits per heavy atom. The molecule has 0 spiro atoms. The normalized spacial score (nSPS) is 11.4. The molecule has 0 aromatic heterocycles. The highest BCUT2D eigenvalue weighted by Crippen LogP contribution is 2.23. The summed E-state index contributed by atoms with van der Waals surface area (Å²) >= 11 is 5.75. The van der Waals surface area contributed by atoms with Gasteiger partial charge in [0.1, 0.15) is 10.7 Å². The highest BCUT2D eigenvalue weighted by Gasteiger charge is 2.20. The molecule has 0 aliphatic heterocycles. The second kappa shape index (κ2) is 7.01. The van der Waals surface area contributed by atoms with E-state index in [0.717, 1.165) is 31.4 Å². The van der Waals surface area contributed by atoms with Gasteiger partial charge in [-0.2, -0.15) is 0 Å². The Kier molecular flexibility index (Phi) is 5.91. The van der Waals surface area contributed by atoms with E-state index in [-0.39, 0.29) is 10.6 Å². The Hall–Kier alpha value is -1.18. The van der Waals surface area contributed by atoms with E-state index in [1.807, 2.05) is 6.92 Å². The summed E-state index contributed by atoms with van der Waals surface area (Å²) in [6.45, 7) is 2.46. The quantitative estimate of drug-likeness (QED) is 0.785. The van der Waals surface area contributed by atoms with E-state index in [4.69, 9.17) is 16.7 Å². The Morgan fingerprint density at radius 3 is 2.60 bits per heavy atom. The number of nitrogens with two attached hydrogens (primary N) is 1. The third-order valence-electron chi connectivity index (χ3n) is 2.64. The Morgan fingerprint density at radius 2 is 2.05 bits per heavy atom. The van der Waals surface area contributed by atoms with Crippen molar-refractivity contribution < 1.29 is 17.6 Å². The standard InChI is InChI=1S/C12H16ClFN2O3S/c1-2-3-4-5-16-12(17)8-6-11(20(15,18)19)10(14)7-9(8)13/h6-7H,2-5H2,1H3,(H,16,17)(H2,15,18,19). The number of rotatable bonds is 6. The van der Waals surface area contributed by atoms with Gasteiger partial charge in [0.2, 0.25) is 10.0 Å². The third-order valence-corrected chi connectivity index (χ3v) is 3.88. The van der Waals surface area contributed by atoms with E-state index < -0.39 is 26.6 Å². The van der Waals surface area contributed by atoms with Crippen molar-refractivity contribution >= 4 is 27.5 Å². The number of unbranched alkanes of at least 4 members (excludes halogenated alkanes) is 2. The summed E-state index contributed by atoms with van der Waals surface area (Å²) in [6.07, 6.45) is 2.76. The number of carbonyl (C=O) groups excluding carboxylic acids is 1. The van der Waals surface area contributed by atoms with Crippen LogP contribution >= 0.6 is 11.6 Å². The SMILES string of the molecule is CCCCCNC(=O)c1cc(S(N)(=O)=O)c(F)cc1Cl. The molecule has 0 aliphatic carbocycles. The lowest BCUT2D eigenvalue weighted by Crippen LogP contribution is -2.25. The first-order valence-electron chi connectivity index (χ1n) is 6.07. The second-order valence-electron chi connectivity index (χ2n) is 4.27. The van der Waals surface area contributed by atoms with Crippen molar-refractivity contribution in [2.45, 2.75) is 31.1 Å². The maximum absolute atomic E-state index is 13.5. The number of hydrogen-bond donors (Lipinski definition) is 2. The average Bonchev–Trinajstić information content (AvgIpc) is 2.32. The van der Waals surface area contributed by atoms with Crippen molar-refractivity contribution in [3.05, 3.63) is 28.5 Å². The van der Waals surface area contributed by atoms with Crippen LogP contribution in [0.2, 0.25) is 5.02 Å². The van der Waals surface area contributed by atoms with Crippen LogP contribution in [0.5, 0.6) is 0 Å². The van der Waals surface area contributed by atoms with Crippen LogP contribution in [-0.2, 0) is 10.0 Å². The van der Waals surface area contributed by atoms with Crippen molar-refractivity contribution in [3.8, 4) is 0 Å². The highest BCUT2D eigenvalue weighted by molar-refractivity contribution is 7.89. The number of halogens is 2. The molecule has 0 aliphatic rings. The molecule has 0 radical (unpaired) electrons. The predicted octanol–water partition coefficient (Wildman–Crippen LogP) is 2.05. The minimum atomic E-state index is -4.25. The molecule has 1 aromatic rings. The minimum absolute atomic E-state index is 0.117. The molecule has 1 rings (SSSR count). The zero-order chi connectivity index (χ0) is 15.3. The van der Waals surface area contributed by atoms with Gasteiger partial charge in [-0.05, 0) is 18.6 Å². The molecule has 0 fully saturated rings. The van der Waals surface area contributed by atoms with Crippen LogP contribution in [-0.4, -0.2) is 20.9 Å². The van der Waals surface area contributed by atoms with Crippen molar-refractivity contribution in [2.75, 3.05) is 6.54 Å². The Labute approximate surface area is 122 Å². The smallest absolute Gasteiger partial charge is 0.252 e. The van der Waals surface area contributed by atoms with Gasteiger partial charge >= 0.3 is 0 Å². The number of primary sulfonamides is 1. The lowest BCUT2D eigenvalue weighted by Gasteiger charge is -2.09. The number of amides is 1. The number of nitrogens with one attached hydrogen (secondary N) is 1. The fourth-order valence-corrected chi connectivity index (χ4v) is 2.44. The lowest BCUT2D eigenvalue weighted by molar-refractivity contribution is 0.0953. The third kappa shape index (κ3) is 4.43. The molecule has 0 saturated heterocycles. The van der Waals surface area contributed by atoms with Gasteiger partial charge in [0, 0.05) is 6.54 Å². The largest absolute Gasteiger partial charge is 0.352 e. The number of sulfonamides is 1. The van der Waals surface area contributed by atoms with E-state index in [1.54, 1.807) is 0 Å². The molecule has 0 unspecified atom stereocenters. The van der Waals surface area contributed by atoms with E-state index in [1.165, 1.54) is 0 Å². The summed E-state index contributed by atoms with van der Waals surface area (Å²) in [7, 11) is -4.25. The van der Waals surface area contributed by atoms with Crippen LogP contribution in [0.25, 0.3) is 0 Å². The fourth-order valence-electron chi connectivity index (χ4n) is 1.59. The fraction of sp³-hybridized carbons (Fsp3) is 0.417. The molecule has 0 atom stereocenters. The van der Waals surface area contributed by atoms with Crippen molar-refractivity contribution in [3.63, 3.8) is 0 Å². The first-order valence-corrected chi connectivity index (χ1v) is 7.99. The molecule has 8 heteroatoms. The molecule has 5 nitrogen and oxygen atoms in total. The highest BCUT2D eigenvalue weighted by atomic mass is 35.5. The van der Waals surface area contributed by atoms with Gasteiger partial charge in [-0.3, -0.25) is 4.79 Å². The summed E-state index contributed by atoms with van der Waals surface area (Å²) in [4.78, 5) is 11.1. The van der Waals surface area contributed by atoms with Gasteiger partial charge in [0.15, 0.2) is 0 Å². The van der Waals surface area contributed by atoms with Crippen LogP contribution in [0, 0.1) is 5.82 Å². The second-order valence-corrected chi connectivity index (χ2v) is 6.21. The molecule has 3 N–H and O–H groups in total. The minimum Gasteiger partial charge on any atom is -0.352 e. The topological polar surface area (TPSA) is 89.3 Å². The summed E-state index contributed by atoms with van der Waals surface area (Å²) in [6, 6.07) is 1.62. The average molecular weight is 323 g/mol. The molecule has 0 heterocycles. The molecular weight excluding hydrogens is 307 g/mol. The molecule has 0 saturated carbocycles. The zero-order valence-electron chi connectivity index (χ0n) is 10.9. The molecule has 0 bridgehead atoms. The Balaban J connectivity index is 2.98. The number of carbonyl (C=O) groups is 1. The van der Waals surface area contributed by atoms with E-state index >= 15 is 0 Å². The zero-order valence-corrected chi connectivity index (χ0v) is 12.5. The van der Waals surface area contributed by atoms with Gasteiger partial charge < -0.3 is 5.32 Å². The van der Waals surface area contributed by atoms with Gasteiger partial charge in [0.05, 0.1) is 10.6 Å². The monoisotopic (exact) mass is 322 g/mol. The maximum Gasteiger partial charge on any atom is 0.252 e. The summed E-state index contributed by atoms with van der Waals surface area (Å²) in [5.41, 5.74) is -0.117. The molecule has 20 heavy (non-hydrogen) atoms. The number of hydrogen-bond acceptors (Lipinski definition) is 3. The van der Waals surface area contributed by atoms with E-state index in [0.29, 0.717) is 6.54 Å². The summed E-state index contributed by atoms with van der Waals surface area (Å²) in [5, 5.41) is 7.30. The van der Waals surface area contributed by atoms with Crippen LogP contribution in [0.3, 0.4) is 0 Å². The predicted molar refractivity (Wildman–Crippen MR) is 74.6 cm³/mol. The van der Waals surface area contributed by atoms with Crippen LogP contribution in [0.4, 0.5) is 4.39 Å². The Bertz CT molecular complexity index is 605.